The Balaban J connectivity index is 2.65. The number of nitrogens with one attached hydrogen (secondary N) is 2. The molecule has 1 aromatic carbocycles. The highest BCUT2D eigenvalue weighted by Crippen LogP contribution is 2.14. The summed E-state index contributed by atoms with van der Waals surface area (Å²) in [6.45, 7) is 2.27. The van der Waals surface area contributed by atoms with Gasteiger partial charge in [0.2, 0.25) is 0 Å². The van der Waals surface area contributed by atoms with E-state index in [1.807, 2.05) is 6.92 Å². The van der Waals surface area contributed by atoms with E-state index in [1.54, 1.807) is 0 Å². The molecular weight excluding hydrogens is 216 g/mol. The molecule has 0 radical (unpaired) electrons. The highest BCUT2D eigenvalue weighted by Gasteiger charge is 2.07. The Kier molecular flexibility index (Phi) is 3.93. The Morgan fingerprint density at radius 2 is 1.87 bits per heavy atom. The van der Waals surface area contributed by atoms with Crippen LogP contribution in [0.15, 0.2) is 24.3 Å². The van der Waals surface area contributed by atoms with Crippen molar-refractivity contribution in [3.05, 3.63) is 24.3 Å². The van der Waals surface area contributed by atoms with Crippen LogP contribution in [0.3, 0.4) is 0 Å². The minimum absolute atomic E-state index is 0.0967. The van der Waals surface area contributed by atoms with Gasteiger partial charge in [-0.25, -0.2) is 0 Å². The van der Waals surface area contributed by atoms with Crippen molar-refractivity contribution in [1.29, 1.82) is 0 Å². The maximum atomic E-state index is 11.4. The number of aromatic hydroxyl groups is 1. The molecular formula is C9H14N2O3S. The summed E-state index contributed by atoms with van der Waals surface area (Å²) >= 11 is 0. The molecule has 3 N–H and O–H groups in total. The van der Waals surface area contributed by atoms with Crippen LogP contribution in [0.1, 0.15) is 13.3 Å². The van der Waals surface area contributed by atoms with Crippen molar-refractivity contribution in [1.82, 2.24) is 4.72 Å². The number of hydrogen-bond donors (Lipinski definition) is 3. The molecule has 84 valence electrons. The largest absolute Gasteiger partial charge is 0.508 e. The second kappa shape index (κ2) is 4.99. The lowest BCUT2D eigenvalue weighted by Gasteiger charge is -2.08. The molecule has 0 spiro atoms. The summed E-state index contributed by atoms with van der Waals surface area (Å²) in [5, 5.41) is 9.00. The van der Waals surface area contributed by atoms with Crippen molar-refractivity contribution in [2.24, 2.45) is 0 Å². The molecule has 1 aromatic rings. The van der Waals surface area contributed by atoms with E-state index in [2.05, 4.69) is 9.44 Å². The van der Waals surface area contributed by atoms with E-state index in [0.29, 0.717) is 12.2 Å². The molecule has 0 aliphatic heterocycles. The number of benzene rings is 1. The standard InChI is InChI=1S/C9H14N2O3S/c1-2-7-10-15(13,14)11-8-3-5-9(12)6-4-8/h3-6,10-12H,2,7H2,1H3. The summed E-state index contributed by atoms with van der Waals surface area (Å²) in [5.41, 5.74) is 0.413. The van der Waals surface area contributed by atoms with Crippen LogP contribution in [0.2, 0.25) is 0 Å². The van der Waals surface area contributed by atoms with E-state index in [0.717, 1.165) is 6.42 Å². The average molecular weight is 230 g/mol. The molecule has 0 saturated carbocycles. The summed E-state index contributed by atoms with van der Waals surface area (Å²) in [7, 11) is -3.49. The minimum Gasteiger partial charge on any atom is -0.508 e. The van der Waals surface area contributed by atoms with Crippen LogP contribution in [-0.2, 0) is 10.2 Å². The monoisotopic (exact) mass is 230 g/mol. The Morgan fingerprint density at radius 1 is 1.27 bits per heavy atom. The summed E-state index contributed by atoms with van der Waals surface area (Å²) in [6, 6.07) is 5.80. The molecule has 0 unspecified atom stereocenters. The third-order valence-electron chi connectivity index (χ3n) is 1.66. The zero-order valence-corrected chi connectivity index (χ0v) is 9.21. The molecule has 5 nitrogen and oxygen atoms in total. The molecule has 0 aliphatic rings. The SMILES string of the molecule is CCCNS(=O)(=O)Nc1ccc(O)cc1. The fourth-order valence-corrected chi connectivity index (χ4v) is 1.95. The van der Waals surface area contributed by atoms with E-state index in [9.17, 15) is 8.42 Å². The number of phenols is 1. The van der Waals surface area contributed by atoms with Crippen LogP contribution in [0.25, 0.3) is 0 Å². The van der Waals surface area contributed by atoms with Crippen LogP contribution < -0.4 is 9.44 Å². The van der Waals surface area contributed by atoms with Gasteiger partial charge in [0.25, 0.3) is 10.2 Å². The molecule has 0 aromatic heterocycles. The predicted molar refractivity (Wildman–Crippen MR) is 58.9 cm³/mol. The van der Waals surface area contributed by atoms with Gasteiger partial charge in [-0.05, 0) is 30.7 Å². The first-order valence-electron chi connectivity index (χ1n) is 4.60. The normalized spacial score (nSPS) is 11.3. The highest BCUT2D eigenvalue weighted by atomic mass is 32.2. The maximum Gasteiger partial charge on any atom is 0.299 e. The van der Waals surface area contributed by atoms with Gasteiger partial charge in [0, 0.05) is 12.2 Å². The highest BCUT2D eigenvalue weighted by molar-refractivity contribution is 7.90. The van der Waals surface area contributed by atoms with Crippen molar-refractivity contribution in [3.8, 4) is 5.75 Å². The zero-order valence-electron chi connectivity index (χ0n) is 8.40. The summed E-state index contributed by atoms with van der Waals surface area (Å²) < 4.78 is 27.4. The molecule has 0 aliphatic carbocycles. The number of rotatable bonds is 5. The van der Waals surface area contributed by atoms with Crippen molar-refractivity contribution < 1.29 is 13.5 Å². The van der Waals surface area contributed by atoms with Gasteiger partial charge in [-0.15, -0.1) is 0 Å². The van der Waals surface area contributed by atoms with Gasteiger partial charge in [0.05, 0.1) is 0 Å². The third kappa shape index (κ3) is 4.18. The van der Waals surface area contributed by atoms with Crippen LogP contribution in [0.5, 0.6) is 5.75 Å². The number of hydrogen-bond acceptors (Lipinski definition) is 3. The quantitative estimate of drug-likeness (QED) is 0.661. The maximum absolute atomic E-state index is 11.4. The van der Waals surface area contributed by atoms with Gasteiger partial charge in [-0.3, -0.25) is 4.72 Å². The second-order valence-electron chi connectivity index (χ2n) is 3.05. The number of anilines is 1. The van der Waals surface area contributed by atoms with Gasteiger partial charge >= 0.3 is 0 Å². The van der Waals surface area contributed by atoms with Gasteiger partial charge in [-0.2, -0.15) is 13.1 Å². The van der Waals surface area contributed by atoms with Gasteiger partial charge < -0.3 is 5.11 Å². The molecule has 0 atom stereocenters. The smallest absolute Gasteiger partial charge is 0.299 e. The first-order valence-corrected chi connectivity index (χ1v) is 6.08. The van der Waals surface area contributed by atoms with Crippen molar-refractivity contribution >= 4 is 15.9 Å². The second-order valence-corrected chi connectivity index (χ2v) is 4.55. The lowest BCUT2D eigenvalue weighted by atomic mass is 10.3. The van der Waals surface area contributed by atoms with Crippen molar-refractivity contribution in [2.45, 2.75) is 13.3 Å². The van der Waals surface area contributed by atoms with E-state index in [1.165, 1.54) is 24.3 Å². The van der Waals surface area contributed by atoms with Crippen LogP contribution >= 0.6 is 0 Å². The average Bonchev–Trinajstić information content (AvgIpc) is 2.18. The van der Waals surface area contributed by atoms with Crippen LogP contribution in [-0.4, -0.2) is 20.1 Å². The van der Waals surface area contributed by atoms with Crippen LogP contribution in [0, 0.1) is 0 Å². The summed E-state index contributed by atoms with van der Waals surface area (Å²) in [5.74, 6) is 0.0967. The lowest BCUT2D eigenvalue weighted by molar-refractivity contribution is 0.475. The number of phenolic OH excluding ortho intramolecular Hbond substituents is 1. The van der Waals surface area contributed by atoms with Crippen LogP contribution in [0.4, 0.5) is 5.69 Å². The Bertz CT molecular complexity index is 400. The fraction of sp³-hybridized carbons (Fsp3) is 0.333. The molecule has 0 amide bonds. The molecule has 15 heavy (non-hydrogen) atoms. The lowest BCUT2D eigenvalue weighted by Crippen LogP contribution is -2.30. The topological polar surface area (TPSA) is 78.4 Å². The Hall–Kier alpha value is -1.27. The molecule has 0 bridgehead atoms. The van der Waals surface area contributed by atoms with E-state index < -0.39 is 10.2 Å². The molecule has 0 fully saturated rings. The fourth-order valence-electron chi connectivity index (χ4n) is 0.957. The molecule has 1 rings (SSSR count). The first kappa shape index (κ1) is 11.8. The Morgan fingerprint density at radius 3 is 2.40 bits per heavy atom. The van der Waals surface area contributed by atoms with Gasteiger partial charge in [0.1, 0.15) is 5.75 Å². The third-order valence-corrected chi connectivity index (χ3v) is 2.75. The molecule has 0 saturated heterocycles. The van der Waals surface area contributed by atoms with Gasteiger partial charge in [-0.1, -0.05) is 6.92 Å². The Labute approximate surface area is 89.3 Å². The first-order chi connectivity index (χ1) is 7.03. The summed E-state index contributed by atoms with van der Waals surface area (Å²) in [6.07, 6.45) is 0.733. The van der Waals surface area contributed by atoms with Gasteiger partial charge in [0.15, 0.2) is 0 Å². The summed E-state index contributed by atoms with van der Waals surface area (Å²) in [4.78, 5) is 0. The molecule has 6 heteroatoms. The van der Waals surface area contributed by atoms with E-state index in [-0.39, 0.29) is 5.75 Å². The minimum atomic E-state index is -3.49. The predicted octanol–water partition coefficient (Wildman–Crippen LogP) is 1.05. The van der Waals surface area contributed by atoms with Crippen molar-refractivity contribution in [3.63, 3.8) is 0 Å². The molecule has 0 heterocycles. The van der Waals surface area contributed by atoms with E-state index >= 15 is 0 Å². The van der Waals surface area contributed by atoms with E-state index in [4.69, 9.17) is 5.11 Å². The van der Waals surface area contributed by atoms with Crippen molar-refractivity contribution in [2.75, 3.05) is 11.3 Å². The zero-order chi connectivity index (χ0) is 11.3.